The summed E-state index contributed by atoms with van der Waals surface area (Å²) in [6.07, 6.45) is 0. The predicted molar refractivity (Wildman–Crippen MR) is 70.0 cm³/mol. The van der Waals surface area contributed by atoms with E-state index in [1.807, 2.05) is 10.8 Å². The van der Waals surface area contributed by atoms with Gasteiger partial charge in [-0.05, 0) is 18.6 Å². The van der Waals surface area contributed by atoms with Crippen molar-refractivity contribution in [1.29, 1.82) is 5.26 Å². The summed E-state index contributed by atoms with van der Waals surface area (Å²) in [6, 6.07) is 8.06. The van der Waals surface area contributed by atoms with Crippen LogP contribution in [0.25, 0.3) is 0 Å². The first kappa shape index (κ1) is 16.1. The quantitative estimate of drug-likeness (QED) is 0.668. The molecule has 0 aromatic heterocycles. The number of rotatable bonds is 6. The fourth-order valence-corrected chi connectivity index (χ4v) is 2.60. The van der Waals surface area contributed by atoms with Crippen LogP contribution in [0.3, 0.4) is 0 Å². The van der Waals surface area contributed by atoms with Crippen molar-refractivity contribution in [3.8, 4) is 6.07 Å². The van der Waals surface area contributed by atoms with Crippen LogP contribution in [0.4, 0.5) is 0 Å². The van der Waals surface area contributed by atoms with Crippen molar-refractivity contribution < 1.29 is 23.4 Å². The lowest BCUT2D eigenvalue weighted by molar-refractivity contribution is -0.155. The minimum atomic E-state index is -3.86. The van der Waals surface area contributed by atoms with E-state index in [4.69, 9.17) is 10.4 Å². The minimum Gasteiger partial charge on any atom is -0.479 e. The van der Waals surface area contributed by atoms with Crippen molar-refractivity contribution >= 4 is 16.0 Å². The van der Waals surface area contributed by atoms with Crippen LogP contribution >= 0.6 is 0 Å². The second-order valence-electron chi connectivity index (χ2n) is 4.43. The van der Waals surface area contributed by atoms with Gasteiger partial charge in [0, 0.05) is 6.54 Å². The van der Waals surface area contributed by atoms with Crippen LogP contribution in [0.5, 0.6) is 0 Å². The number of carboxylic acid groups (broad SMARTS) is 1. The third-order valence-electron chi connectivity index (χ3n) is 2.58. The number of aliphatic carboxylic acids is 1. The fourth-order valence-electron chi connectivity index (χ4n) is 1.34. The first-order valence-electron chi connectivity index (χ1n) is 5.59. The Balaban J connectivity index is 2.82. The molecular formula is C12H14N2O5S. The van der Waals surface area contributed by atoms with E-state index in [1.54, 1.807) is 12.1 Å². The van der Waals surface area contributed by atoms with Gasteiger partial charge < -0.3 is 10.2 Å². The molecule has 0 aliphatic heterocycles. The molecule has 0 heterocycles. The van der Waals surface area contributed by atoms with Gasteiger partial charge in [-0.15, -0.1) is 0 Å². The second kappa shape index (κ2) is 6.00. The van der Waals surface area contributed by atoms with E-state index in [-0.39, 0.29) is 5.56 Å². The highest BCUT2D eigenvalue weighted by molar-refractivity contribution is 7.88. The molecule has 8 heteroatoms. The van der Waals surface area contributed by atoms with Crippen molar-refractivity contribution in [3.05, 3.63) is 35.4 Å². The van der Waals surface area contributed by atoms with E-state index in [1.165, 1.54) is 12.1 Å². The maximum Gasteiger partial charge on any atom is 0.336 e. The number of nitriles is 1. The summed E-state index contributed by atoms with van der Waals surface area (Å²) in [7, 11) is -3.86. The normalized spacial score (nSPS) is 14.2. The number of nitrogens with one attached hydrogen (secondary N) is 1. The number of hydrogen-bond donors (Lipinski definition) is 3. The molecule has 1 aromatic rings. The third kappa shape index (κ3) is 4.31. The lowest BCUT2D eigenvalue weighted by Gasteiger charge is -2.18. The summed E-state index contributed by atoms with van der Waals surface area (Å²) in [5.41, 5.74) is -1.66. The molecule has 1 atom stereocenters. The van der Waals surface area contributed by atoms with E-state index < -0.39 is 33.9 Å². The van der Waals surface area contributed by atoms with Crippen molar-refractivity contribution in [1.82, 2.24) is 4.72 Å². The summed E-state index contributed by atoms with van der Waals surface area (Å²) in [5, 5.41) is 27.0. The number of benzene rings is 1. The van der Waals surface area contributed by atoms with Crippen molar-refractivity contribution in [2.45, 2.75) is 18.3 Å². The summed E-state index contributed by atoms with van der Waals surface area (Å²) < 4.78 is 25.6. The molecule has 7 nitrogen and oxygen atoms in total. The summed E-state index contributed by atoms with van der Waals surface area (Å²) in [5.74, 6) is -2.00. The van der Waals surface area contributed by atoms with Gasteiger partial charge in [0.05, 0.1) is 17.4 Å². The Labute approximate surface area is 116 Å². The number of carboxylic acids is 1. The first-order valence-corrected chi connectivity index (χ1v) is 7.24. The topological polar surface area (TPSA) is 127 Å². The molecule has 0 fully saturated rings. The van der Waals surface area contributed by atoms with Gasteiger partial charge in [0.2, 0.25) is 10.0 Å². The number of sulfonamides is 1. The molecule has 1 unspecified atom stereocenters. The Morgan fingerprint density at radius 1 is 1.45 bits per heavy atom. The molecule has 108 valence electrons. The number of hydrogen-bond acceptors (Lipinski definition) is 5. The zero-order chi connectivity index (χ0) is 15.4. The molecule has 0 saturated heterocycles. The molecule has 3 N–H and O–H groups in total. The Morgan fingerprint density at radius 2 is 2.05 bits per heavy atom. The van der Waals surface area contributed by atoms with Gasteiger partial charge in [0.15, 0.2) is 5.60 Å². The predicted octanol–water partition coefficient (Wildman–Crippen LogP) is -0.187. The summed E-state index contributed by atoms with van der Waals surface area (Å²) >= 11 is 0. The van der Waals surface area contributed by atoms with E-state index in [0.717, 1.165) is 6.92 Å². The Bertz CT molecular complexity index is 646. The van der Waals surface area contributed by atoms with Crippen molar-refractivity contribution in [2.24, 2.45) is 0 Å². The summed E-state index contributed by atoms with van der Waals surface area (Å²) in [4.78, 5) is 10.7. The van der Waals surface area contributed by atoms with Crippen LogP contribution in [0, 0.1) is 11.3 Å². The molecule has 0 aliphatic rings. The zero-order valence-corrected chi connectivity index (χ0v) is 11.5. The second-order valence-corrected chi connectivity index (χ2v) is 6.24. The smallest absolute Gasteiger partial charge is 0.336 e. The molecule has 20 heavy (non-hydrogen) atoms. The first-order chi connectivity index (χ1) is 9.18. The van der Waals surface area contributed by atoms with Crippen LogP contribution in [0.1, 0.15) is 18.1 Å². The Kier molecular flexibility index (Phi) is 4.83. The monoisotopic (exact) mass is 298 g/mol. The summed E-state index contributed by atoms with van der Waals surface area (Å²) in [6.45, 7) is 0.334. The maximum atomic E-state index is 11.8. The number of nitrogens with zero attached hydrogens (tertiary/aromatic N) is 1. The highest BCUT2D eigenvalue weighted by Gasteiger charge is 2.31. The van der Waals surface area contributed by atoms with E-state index in [0.29, 0.717) is 5.56 Å². The Hall–Kier alpha value is -1.95. The van der Waals surface area contributed by atoms with Gasteiger partial charge in [0.25, 0.3) is 0 Å². The number of aliphatic hydroxyl groups is 1. The average Bonchev–Trinajstić information content (AvgIpc) is 2.37. The minimum absolute atomic E-state index is 0.225. The highest BCUT2D eigenvalue weighted by Crippen LogP contribution is 2.11. The fraction of sp³-hybridized carbons (Fsp3) is 0.333. The Morgan fingerprint density at radius 3 is 2.60 bits per heavy atom. The van der Waals surface area contributed by atoms with Crippen LogP contribution in [-0.2, 0) is 20.6 Å². The van der Waals surface area contributed by atoms with Crippen LogP contribution in [0.15, 0.2) is 24.3 Å². The van der Waals surface area contributed by atoms with Crippen LogP contribution in [0.2, 0.25) is 0 Å². The molecular weight excluding hydrogens is 284 g/mol. The molecule has 0 radical (unpaired) electrons. The van der Waals surface area contributed by atoms with E-state index >= 15 is 0 Å². The molecule has 0 aliphatic carbocycles. The van der Waals surface area contributed by atoms with Crippen LogP contribution < -0.4 is 4.72 Å². The average molecular weight is 298 g/mol. The van der Waals surface area contributed by atoms with E-state index in [2.05, 4.69) is 0 Å². The van der Waals surface area contributed by atoms with Crippen molar-refractivity contribution in [3.63, 3.8) is 0 Å². The number of carbonyl (C=O) groups is 1. The van der Waals surface area contributed by atoms with Crippen LogP contribution in [-0.4, -0.2) is 36.7 Å². The van der Waals surface area contributed by atoms with Gasteiger partial charge in [-0.2, -0.15) is 5.26 Å². The molecule has 0 spiro atoms. The highest BCUT2D eigenvalue weighted by atomic mass is 32.2. The van der Waals surface area contributed by atoms with Gasteiger partial charge in [-0.1, -0.05) is 18.2 Å². The lowest BCUT2D eigenvalue weighted by Crippen LogP contribution is -2.46. The molecule has 1 rings (SSSR count). The van der Waals surface area contributed by atoms with Gasteiger partial charge in [0.1, 0.15) is 0 Å². The SMILES string of the molecule is CC(O)(CNS(=O)(=O)Cc1ccccc1C#N)C(=O)O. The largest absolute Gasteiger partial charge is 0.479 e. The zero-order valence-electron chi connectivity index (χ0n) is 10.7. The molecule has 0 saturated carbocycles. The van der Waals surface area contributed by atoms with Gasteiger partial charge >= 0.3 is 5.97 Å². The van der Waals surface area contributed by atoms with Gasteiger partial charge in [-0.25, -0.2) is 17.9 Å². The molecule has 0 bridgehead atoms. The third-order valence-corrected chi connectivity index (χ3v) is 3.86. The van der Waals surface area contributed by atoms with Gasteiger partial charge in [-0.3, -0.25) is 0 Å². The molecule has 1 aromatic carbocycles. The maximum absolute atomic E-state index is 11.8. The van der Waals surface area contributed by atoms with E-state index in [9.17, 15) is 18.3 Å². The lowest BCUT2D eigenvalue weighted by atomic mass is 10.1. The molecule has 0 amide bonds. The van der Waals surface area contributed by atoms with Crippen molar-refractivity contribution in [2.75, 3.05) is 6.54 Å². The standard InChI is InChI=1S/C12H14N2O5S/c1-12(17,11(15)16)8-14-20(18,19)7-10-5-3-2-4-9(10)6-13/h2-5,14,17H,7-8H2,1H3,(H,15,16).